The molecule has 0 aliphatic rings. The molecule has 0 fully saturated rings. The average molecular weight is 269 g/mol. The smallest absolute Gasteiger partial charge is 0.328 e. The number of carbonyl (C=O) groups is 2. The number of hydrogen-bond acceptors (Lipinski definition) is 4. The molecule has 0 unspecified atom stereocenters. The van der Waals surface area contributed by atoms with Crippen molar-refractivity contribution in [3.8, 4) is 0 Å². The van der Waals surface area contributed by atoms with Gasteiger partial charge in [0.15, 0.2) is 0 Å². The van der Waals surface area contributed by atoms with Gasteiger partial charge in [-0.2, -0.15) is 0 Å². The molecule has 6 heteroatoms. The number of carbonyl (C=O) groups excluding carboxylic acids is 1. The number of carboxylic acids is 1. The highest BCUT2D eigenvalue weighted by molar-refractivity contribution is 7.11. The van der Waals surface area contributed by atoms with Gasteiger partial charge < -0.3 is 15.2 Å². The van der Waals surface area contributed by atoms with E-state index in [9.17, 15) is 9.59 Å². The van der Waals surface area contributed by atoms with Crippen LogP contribution in [-0.4, -0.2) is 37.2 Å². The highest BCUT2D eigenvalue weighted by atomic mass is 32.1. The molecule has 1 amide bonds. The van der Waals surface area contributed by atoms with Gasteiger partial charge in [-0.1, -0.05) is 0 Å². The quantitative estimate of drug-likeness (QED) is 0.582. The number of methoxy groups -OCH3 is 1. The lowest BCUT2D eigenvalue weighted by molar-refractivity contribution is -0.131. The molecule has 1 heterocycles. The molecule has 98 valence electrons. The summed E-state index contributed by atoms with van der Waals surface area (Å²) in [6.45, 7) is 1.17. The summed E-state index contributed by atoms with van der Waals surface area (Å²) in [6, 6.07) is 1.66. The molecular weight excluding hydrogens is 254 g/mol. The van der Waals surface area contributed by atoms with E-state index in [2.05, 4.69) is 5.32 Å². The summed E-state index contributed by atoms with van der Waals surface area (Å²) in [5, 5.41) is 12.9. The van der Waals surface area contributed by atoms with E-state index in [1.165, 1.54) is 17.4 Å². The predicted molar refractivity (Wildman–Crippen MR) is 69.8 cm³/mol. The first kappa shape index (κ1) is 14.4. The van der Waals surface area contributed by atoms with Gasteiger partial charge in [-0.3, -0.25) is 4.79 Å². The molecule has 0 saturated carbocycles. The van der Waals surface area contributed by atoms with Gasteiger partial charge in [0.25, 0.3) is 5.91 Å². The number of ether oxygens (including phenoxy) is 1. The van der Waals surface area contributed by atoms with E-state index < -0.39 is 5.97 Å². The van der Waals surface area contributed by atoms with Gasteiger partial charge in [0, 0.05) is 36.6 Å². The molecule has 0 aliphatic heterocycles. The molecule has 1 rings (SSSR count). The van der Waals surface area contributed by atoms with Crippen LogP contribution in [0.25, 0.3) is 6.08 Å². The number of nitrogens with one attached hydrogen (secondary N) is 1. The van der Waals surface area contributed by atoms with Crippen LogP contribution in [0.1, 0.15) is 21.7 Å². The zero-order valence-electron chi connectivity index (χ0n) is 10.0. The Labute approximate surface area is 109 Å². The minimum absolute atomic E-state index is 0.155. The largest absolute Gasteiger partial charge is 0.478 e. The topological polar surface area (TPSA) is 75.6 Å². The Kier molecular flexibility index (Phi) is 6.10. The van der Waals surface area contributed by atoms with E-state index in [1.807, 2.05) is 0 Å². The van der Waals surface area contributed by atoms with Gasteiger partial charge in [0.05, 0.1) is 5.56 Å². The number of hydrogen-bond donors (Lipinski definition) is 2. The predicted octanol–water partition coefficient (Wildman–Crippen LogP) is 1.61. The lowest BCUT2D eigenvalue weighted by Crippen LogP contribution is -2.24. The van der Waals surface area contributed by atoms with Crippen LogP contribution in [0.3, 0.4) is 0 Å². The molecule has 1 aromatic rings. The van der Waals surface area contributed by atoms with Crippen LogP contribution in [-0.2, 0) is 9.53 Å². The third-order valence-corrected chi connectivity index (χ3v) is 2.98. The fraction of sp³-hybridized carbons (Fsp3) is 0.333. The first-order chi connectivity index (χ1) is 8.63. The van der Waals surface area contributed by atoms with Gasteiger partial charge in [0.1, 0.15) is 0 Å². The molecular formula is C12H15NO4S. The minimum atomic E-state index is -1.01. The Bertz CT molecular complexity index is 439. The zero-order chi connectivity index (χ0) is 13.4. The van der Waals surface area contributed by atoms with Crippen molar-refractivity contribution in [1.82, 2.24) is 5.32 Å². The van der Waals surface area contributed by atoms with Gasteiger partial charge in [-0.15, -0.1) is 11.3 Å². The third-order valence-electron chi connectivity index (χ3n) is 2.08. The second kappa shape index (κ2) is 7.62. The summed E-state index contributed by atoms with van der Waals surface area (Å²) in [6.07, 6.45) is 3.28. The van der Waals surface area contributed by atoms with E-state index in [1.54, 1.807) is 18.6 Å². The van der Waals surface area contributed by atoms with Crippen LogP contribution in [0.4, 0.5) is 0 Å². The maximum absolute atomic E-state index is 11.7. The number of carboxylic acid groups (broad SMARTS) is 1. The molecule has 0 saturated heterocycles. The Hall–Kier alpha value is -1.66. The van der Waals surface area contributed by atoms with Crippen molar-refractivity contribution in [3.63, 3.8) is 0 Å². The molecule has 0 bridgehead atoms. The third kappa shape index (κ3) is 5.11. The highest BCUT2D eigenvalue weighted by Crippen LogP contribution is 2.16. The normalized spacial score (nSPS) is 10.7. The van der Waals surface area contributed by atoms with E-state index in [0.29, 0.717) is 18.7 Å². The van der Waals surface area contributed by atoms with E-state index in [4.69, 9.17) is 9.84 Å². The van der Waals surface area contributed by atoms with Crippen LogP contribution in [0.5, 0.6) is 0 Å². The van der Waals surface area contributed by atoms with Crippen LogP contribution in [0.15, 0.2) is 17.5 Å². The molecule has 18 heavy (non-hydrogen) atoms. The first-order valence-electron chi connectivity index (χ1n) is 5.40. The Morgan fingerprint density at radius 2 is 2.33 bits per heavy atom. The molecule has 0 aromatic carbocycles. The van der Waals surface area contributed by atoms with Crippen molar-refractivity contribution in [1.29, 1.82) is 0 Å². The second-order valence-electron chi connectivity index (χ2n) is 3.51. The van der Waals surface area contributed by atoms with E-state index in [0.717, 1.165) is 17.4 Å². The average Bonchev–Trinajstić information content (AvgIpc) is 2.80. The van der Waals surface area contributed by atoms with Crippen molar-refractivity contribution in [2.75, 3.05) is 20.3 Å². The summed E-state index contributed by atoms with van der Waals surface area (Å²) in [4.78, 5) is 22.8. The van der Waals surface area contributed by atoms with E-state index in [-0.39, 0.29) is 5.91 Å². The van der Waals surface area contributed by atoms with Crippen LogP contribution in [0.2, 0.25) is 0 Å². The van der Waals surface area contributed by atoms with Crippen LogP contribution >= 0.6 is 11.3 Å². The summed E-state index contributed by atoms with van der Waals surface area (Å²) in [5.74, 6) is -1.16. The van der Waals surface area contributed by atoms with Gasteiger partial charge >= 0.3 is 5.97 Å². The Balaban J connectivity index is 2.46. The van der Waals surface area contributed by atoms with Crippen molar-refractivity contribution < 1.29 is 19.4 Å². The van der Waals surface area contributed by atoms with Gasteiger partial charge in [-0.05, 0) is 18.6 Å². The maximum atomic E-state index is 11.7. The molecule has 0 aliphatic carbocycles. The maximum Gasteiger partial charge on any atom is 0.328 e. The lowest BCUT2D eigenvalue weighted by Gasteiger charge is -2.02. The zero-order valence-corrected chi connectivity index (χ0v) is 10.8. The minimum Gasteiger partial charge on any atom is -0.478 e. The first-order valence-corrected chi connectivity index (χ1v) is 6.28. The van der Waals surface area contributed by atoms with Crippen LogP contribution in [0, 0.1) is 0 Å². The van der Waals surface area contributed by atoms with Crippen molar-refractivity contribution in [2.24, 2.45) is 0 Å². The van der Waals surface area contributed by atoms with Gasteiger partial charge in [0.2, 0.25) is 0 Å². The fourth-order valence-corrected chi connectivity index (χ4v) is 2.01. The summed E-state index contributed by atoms with van der Waals surface area (Å²) >= 11 is 1.33. The molecule has 2 N–H and O–H groups in total. The number of aliphatic carboxylic acids is 1. The summed E-state index contributed by atoms with van der Waals surface area (Å²) in [5.41, 5.74) is 0.544. The Morgan fingerprint density at radius 1 is 1.56 bits per heavy atom. The monoisotopic (exact) mass is 269 g/mol. The van der Waals surface area contributed by atoms with Gasteiger partial charge in [-0.25, -0.2) is 4.79 Å². The fourth-order valence-electron chi connectivity index (χ4n) is 1.23. The summed E-state index contributed by atoms with van der Waals surface area (Å²) in [7, 11) is 1.61. The lowest BCUT2D eigenvalue weighted by atomic mass is 10.2. The van der Waals surface area contributed by atoms with Crippen molar-refractivity contribution in [3.05, 3.63) is 28.0 Å². The molecule has 1 aromatic heterocycles. The van der Waals surface area contributed by atoms with E-state index >= 15 is 0 Å². The number of amides is 1. The van der Waals surface area contributed by atoms with Crippen LogP contribution < -0.4 is 5.32 Å². The number of thiophene rings is 1. The number of rotatable bonds is 7. The summed E-state index contributed by atoms with van der Waals surface area (Å²) < 4.78 is 4.87. The standard InChI is InChI=1S/C12H15NO4S/c1-17-6-2-5-13-12(16)9-7-10(18-8-9)3-4-11(14)15/h3-4,7-8H,2,5-6H2,1H3,(H,13,16)(H,14,15). The molecule has 5 nitrogen and oxygen atoms in total. The molecule has 0 radical (unpaired) electrons. The second-order valence-corrected chi connectivity index (χ2v) is 4.45. The SMILES string of the molecule is COCCCNC(=O)c1csc(C=CC(=O)O)c1. The highest BCUT2D eigenvalue weighted by Gasteiger charge is 2.06. The van der Waals surface area contributed by atoms with Crippen molar-refractivity contribution in [2.45, 2.75) is 6.42 Å². The van der Waals surface area contributed by atoms with Crippen molar-refractivity contribution >= 4 is 29.3 Å². The molecule has 0 spiro atoms. The Morgan fingerprint density at radius 3 is 3.00 bits per heavy atom. The molecule has 0 atom stereocenters.